The zero-order chi connectivity index (χ0) is 102. The maximum absolute atomic E-state index is 13.9. The quantitative estimate of drug-likeness (QED) is 0.0143. The monoisotopic (exact) mass is 2010 g/mol. The van der Waals surface area contributed by atoms with Crippen LogP contribution >= 0.6 is 12.4 Å². The average molecular weight is 2010 g/mol. The zero-order valence-electron chi connectivity index (χ0n) is 79.0. The van der Waals surface area contributed by atoms with E-state index in [2.05, 4.69) is 41.3 Å². The van der Waals surface area contributed by atoms with Gasteiger partial charge in [-0.05, 0) is 234 Å². The summed E-state index contributed by atoms with van der Waals surface area (Å²) in [7, 11) is 0. The van der Waals surface area contributed by atoms with Gasteiger partial charge in [-0.2, -0.15) is 39.5 Å². The minimum absolute atomic E-state index is 0. The number of phenols is 1. The van der Waals surface area contributed by atoms with Gasteiger partial charge in [0.1, 0.15) is 22.7 Å². The number of carboxylic acid groups (broad SMARTS) is 1. The number of halogens is 10. The number of fused-ring (bicyclic) bond motifs is 14. The molecule has 10 heterocycles. The Morgan fingerprint density at radius 1 is 0.462 bits per heavy atom. The Kier molecular flexibility index (Phi) is 30.6. The maximum Gasteiger partial charge on any atom is 0.416 e. The number of phenolic OH excluding ortho intramolecular Hbond substituents is 1. The van der Waals surface area contributed by atoms with Gasteiger partial charge in [-0.1, -0.05) is 97.8 Å². The summed E-state index contributed by atoms with van der Waals surface area (Å²) in [6, 6.07) is 58.9. The molecule has 0 spiro atoms. The van der Waals surface area contributed by atoms with Gasteiger partial charge in [0.25, 0.3) is 0 Å². The van der Waals surface area contributed by atoms with Gasteiger partial charge < -0.3 is 66.4 Å². The number of urea groups is 3. The Morgan fingerprint density at radius 2 is 0.876 bits per heavy atom. The molecular formula is C108H103ClF9N15O12. The smallest absolute Gasteiger partial charge is 0.416 e. The molecule has 3 aromatic heterocycles. The molecule has 0 saturated carbocycles. The van der Waals surface area contributed by atoms with Crippen molar-refractivity contribution >= 4 is 117 Å². The number of amides is 8. The van der Waals surface area contributed by atoms with E-state index in [4.69, 9.17) is 29.8 Å². The second kappa shape index (κ2) is 43.3. The number of carbonyl (C=O) groups is 7. The summed E-state index contributed by atoms with van der Waals surface area (Å²) in [6.07, 6.45) is -5.86. The standard InChI is InChI=1S/C53H46F3N5O8.C30H32F3N5O3.C25H24F3N5O.ClH/c54-53(55,56)34-8-5-7-32(25-34)43-22-23-44-50(59-43)61(36-9-6-24-60(44)30-36)52(68)58-35-15-12-31(13-16-35)29-57-48(65)11-4-2-1-3-10-45(64)33-14-19-39(42(26-33)51(66)67)49-40-20-17-37(62)27-46(40)69-47-28-38(63)18-21-41(47)49;1-29(2,3)41-28(40)34-17-19-9-11-22(12-10-19)35-27(39)38-23-8-5-15-37(18-23)25-14-13-24(36-26(25)38)20-6-4-7-21(16-20)30(31,32)33;26-25(27,28)18-4-1-3-17(13-18)21-10-11-22-23(31-21)33(20-5-2-12-32(22)15-20)24(34)30-19-8-6-16(14-29)7-9-19;/h5,7-8,12-23,25-28,36,62H,1-4,6,9-11,24,29-30H2,(H,57,65)(H,58,68)(H,66,67);4,6-7,9-14,16,23H,5,8,15,17-18H2,1-3H3,(H,34,40)(H,35,39);1,3-4,6-11,13,20H,2,5,12,14-15,29H2,(H,30,34);1H/t36-;23-;20-;/m000./s1. The number of nitrogens with zero attached hydrogens (tertiary/aromatic N) is 9. The van der Waals surface area contributed by atoms with Crippen molar-refractivity contribution in [2.45, 2.75) is 160 Å². The fourth-order valence-corrected chi connectivity index (χ4v) is 18.9. The van der Waals surface area contributed by atoms with E-state index in [9.17, 15) is 88.1 Å². The molecule has 0 radical (unpaired) electrons. The van der Waals surface area contributed by atoms with Gasteiger partial charge in [-0.3, -0.25) is 29.1 Å². The van der Waals surface area contributed by atoms with Gasteiger partial charge in [0.05, 0.1) is 74.5 Å². The first-order valence-electron chi connectivity index (χ1n) is 47.3. The van der Waals surface area contributed by atoms with Crippen molar-refractivity contribution in [1.82, 2.24) is 25.6 Å². The maximum atomic E-state index is 13.9. The second-order valence-electron chi connectivity index (χ2n) is 37.1. The number of piperidine rings is 3. The number of ketones is 1. The summed E-state index contributed by atoms with van der Waals surface area (Å²) in [6.45, 7) is 10.7. The highest BCUT2D eigenvalue weighted by Crippen LogP contribution is 2.48. The Hall–Kier alpha value is -15.6. The lowest BCUT2D eigenvalue weighted by Crippen LogP contribution is -2.56. The lowest BCUT2D eigenvalue weighted by Gasteiger charge is -2.45. The molecule has 3 atom stereocenters. The van der Waals surface area contributed by atoms with E-state index in [0.29, 0.717) is 142 Å². The fourth-order valence-electron chi connectivity index (χ4n) is 18.9. The number of carbonyl (C=O) groups excluding carboxylic acids is 6. The summed E-state index contributed by atoms with van der Waals surface area (Å²) in [5.74, 6) is -0.158. The SMILES string of the molecule is CC(C)(C)OC(=O)NCc1ccc(NC(=O)N2c3nc(-c4cccc(C(F)(F)F)c4)ccc3N3CCC[C@H]2C3)cc1.Cl.NCc1ccc(NC(=O)N2c3nc(-c4cccc(C(F)(F)F)c4)ccc3N3CCC[C@H]2C3)cc1.O=C(CCCCCCC(=O)c1ccc(-c2c3ccc(=O)cc-3oc3cc(O)ccc23)c(C(=O)O)c1)NCc1ccc(NC(=O)N2c3nc(-c4cccc(C(F)(F)F)c4)ccc3N3CCC[C@H]2C3)cc1. The van der Waals surface area contributed by atoms with Crippen molar-refractivity contribution in [2.75, 3.05) is 84.6 Å². The number of pyridine rings is 3. The van der Waals surface area contributed by atoms with Crippen LogP contribution in [0, 0.1) is 0 Å². The van der Waals surface area contributed by atoms with Crippen LogP contribution in [0.1, 0.15) is 152 Å². The number of rotatable bonds is 21. The molecule has 27 nitrogen and oxygen atoms in total. The van der Waals surface area contributed by atoms with Crippen LogP contribution in [-0.4, -0.2) is 130 Å². The lowest BCUT2D eigenvalue weighted by atomic mass is 9.89. The van der Waals surface area contributed by atoms with Crippen LogP contribution < -0.4 is 67.1 Å². The number of aromatic carboxylic acids is 1. The number of aromatic nitrogens is 3. The zero-order valence-corrected chi connectivity index (χ0v) is 79.8. The van der Waals surface area contributed by atoms with Crippen molar-refractivity contribution < 1.29 is 92.4 Å². The number of nitrogens with one attached hydrogen (secondary N) is 5. The predicted octanol–water partition coefficient (Wildman–Crippen LogP) is 23.4. The van der Waals surface area contributed by atoms with E-state index in [0.717, 1.165) is 128 Å². The summed E-state index contributed by atoms with van der Waals surface area (Å²) >= 11 is 0. The number of carboxylic acids is 1. The normalized spacial score (nSPS) is 15.6. The van der Waals surface area contributed by atoms with Crippen molar-refractivity contribution in [3.8, 4) is 62.0 Å². The number of nitrogens with two attached hydrogens (primary N) is 1. The summed E-state index contributed by atoms with van der Waals surface area (Å²) in [5.41, 5.74) is 12.9. The van der Waals surface area contributed by atoms with E-state index in [1.165, 1.54) is 48.5 Å². The third-order valence-corrected chi connectivity index (χ3v) is 25.9. The first-order chi connectivity index (χ1) is 68.9. The molecule has 7 aliphatic heterocycles. The Bertz CT molecular complexity index is 7050. The molecule has 11 aromatic rings. The molecular weight excluding hydrogens is 1910 g/mol. The lowest BCUT2D eigenvalue weighted by molar-refractivity contribution is -0.138. The number of Topliss-reactive ketones (excluding diaryl/α,β-unsaturated/α-hetero) is 1. The number of unbranched alkanes of at least 4 members (excludes halogenated alkanes) is 3. The number of ether oxygens (including phenoxy) is 1. The van der Waals surface area contributed by atoms with Crippen molar-refractivity contribution in [1.29, 1.82) is 0 Å². The fraction of sp³-hybridized carbons (Fsp3) is 0.287. The van der Waals surface area contributed by atoms with Crippen molar-refractivity contribution in [3.05, 3.63) is 291 Å². The summed E-state index contributed by atoms with van der Waals surface area (Å²) in [4.78, 5) is 129. The van der Waals surface area contributed by atoms with Crippen LogP contribution in [0.2, 0.25) is 0 Å². The van der Waals surface area contributed by atoms with Crippen LogP contribution in [0.3, 0.4) is 0 Å². The number of benzene rings is 9. The molecule has 0 unspecified atom stereocenters. The van der Waals surface area contributed by atoms with Crippen molar-refractivity contribution in [3.63, 3.8) is 0 Å². The summed E-state index contributed by atoms with van der Waals surface area (Å²) in [5, 5.41) is 35.3. The molecule has 3 fully saturated rings. The van der Waals surface area contributed by atoms with Crippen LogP contribution in [0.15, 0.2) is 246 Å². The predicted molar refractivity (Wildman–Crippen MR) is 539 cm³/mol. The highest BCUT2D eigenvalue weighted by Gasteiger charge is 2.44. The third kappa shape index (κ3) is 24.0. The van der Waals surface area contributed by atoms with Gasteiger partial charge in [0.15, 0.2) is 28.7 Å². The molecule has 8 amide bonds. The Balaban J connectivity index is 0.000000168. The first kappa shape index (κ1) is 102. The average Bonchev–Trinajstić information content (AvgIpc) is 0.765. The van der Waals surface area contributed by atoms with E-state index in [1.807, 2.05) is 30.3 Å². The molecule has 19 rings (SSSR count). The third-order valence-electron chi connectivity index (χ3n) is 25.9. The topological polar surface area (TPSA) is 344 Å². The van der Waals surface area contributed by atoms with Gasteiger partial charge in [-0.25, -0.2) is 38.9 Å². The number of hydrogen-bond donors (Lipinski definition) is 8. The van der Waals surface area contributed by atoms with Crippen LogP contribution in [0.25, 0.3) is 67.2 Å². The molecule has 145 heavy (non-hydrogen) atoms. The molecule has 752 valence electrons. The second-order valence-corrected chi connectivity index (χ2v) is 37.1. The molecule has 6 bridgehead atoms. The summed E-state index contributed by atoms with van der Waals surface area (Å²) < 4.78 is 131. The Labute approximate surface area is 833 Å². The molecule has 1 aliphatic carbocycles. The van der Waals surface area contributed by atoms with Gasteiger partial charge in [-0.15, -0.1) is 12.4 Å². The van der Waals surface area contributed by atoms with Gasteiger partial charge in [0, 0.05) is 140 Å². The molecule has 8 aliphatic rings. The van der Waals surface area contributed by atoms with Crippen LogP contribution in [0.4, 0.5) is 110 Å². The highest BCUT2D eigenvalue weighted by atomic mass is 35.5. The first-order valence-corrected chi connectivity index (χ1v) is 47.3. The van der Waals surface area contributed by atoms with Crippen LogP contribution in [-0.2, 0) is 47.7 Å². The minimum Gasteiger partial charge on any atom is -0.508 e. The largest absolute Gasteiger partial charge is 0.508 e. The number of alkyl carbamates (subject to hydrolysis) is 1. The van der Waals surface area contributed by atoms with E-state index in [1.54, 1.807) is 157 Å². The molecule has 3 saturated heterocycles. The van der Waals surface area contributed by atoms with Gasteiger partial charge in [0.2, 0.25) is 5.91 Å². The van der Waals surface area contributed by atoms with Crippen molar-refractivity contribution in [2.24, 2.45) is 5.73 Å². The molecule has 37 heteroatoms. The number of aromatic hydroxyl groups is 1. The highest BCUT2D eigenvalue weighted by molar-refractivity contribution is 6.11. The molecule has 9 N–H and O–H groups in total. The minimum atomic E-state index is -4.51. The number of anilines is 9. The Morgan fingerprint density at radius 3 is 1.29 bits per heavy atom. The molecule has 8 aromatic carbocycles. The van der Waals surface area contributed by atoms with E-state index < -0.39 is 58.9 Å². The number of hydrogen-bond acceptors (Lipinski definition) is 18. The van der Waals surface area contributed by atoms with Gasteiger partial charge >= 0.3 is 48.7 Å². The van der Waals surface area contributed by atoms with E-state index in [-0.39, 0.29) is 114 Å². The number of alkyl halides is 9. The van der Waals surface area contributed by atoms with Crippen LogP contribution in [0.5, 0.6) is 5.75 Å². The van der Waals surface area contributed by atoms with E-state index >= 15 is 0 Å².